The summed E-state index contributed by atoms with van der Waals surface area (Å²) < 4.78 is 7.21. The van der Waals surface area contributed by atoms with Crippen molar-refractivity contribution < 1.29 is 19.1 Å². The predicted molar refractivity (Wildman–Crippen MR) is 122 cm³/mol. The number of carbonyl (C=O) groups is 3. The average Bonchev–Trinajstić information content (AvgIpc) is 3.44. The maximum Gasteiger partial charge on any atom is 0.306 e. The number of benzene rings is 2. The molecule has 0 amide bonds. The molecule has 0 aliphatic heterocycles. The third-order valence-electron chi connectivity index (χ3n) is 5.15. The van der Waals surface area contributed by atoms with Crippen LogP contribution in [0.4, 0.5) is 0 Å². The van der Waals surface area contributed by atoms with E-state index in [0.717, 1.165) is 22.2 Å². The Bertz CT molecular complexity index is 1240. The fraction of sp³-hybridized carbons (Fsp3) is 0.160. The molecule has 0 bridgehead atoms. The number of carbonyl (C=O) groups excluding carboxylic acids is 3. The minimum atomic E-state index is -0.556. The first kappa shape index (κ1) is 20.8. The first-order valence-electron chi connectivity index (χ1n) is 9.94. The summed E-state index contributed by atoms with van der Waals surface area (Å²) in [5, 5.41) is 2.64. The fourth-order valence-electron chi connectivity index (χ4n) is 3.68. The predicted octanol–water partition coefficient (Wildman–Crippen LogP) is 5.30. The van der Waals surface area contributed by atoms with Gasteiger partial charge >= 0.3 is 5.97 Å². The van der Waals surface area contributed by atoms with Crippen LogP contribution >= 0.6 is 11.3 Å². The summed E-state index contributed by atoms with van der Waals surface area (Å²) in [5.41, 5.74) is 3.16. The molecule has 4 rings (SSSR count). The van der Waals surface area contributed by atoms with E-state index in [1.807, 2.05) is 71.6 Å². The maximum absolute atomic E-state index is 13.1. The number of thiophene rings is 1. The lowest BCUT2D eigenvalue weighted by Crippen LogP contribution is -2.15. The van der Waals surface area contributed by atoms with E-state index in [-0.39, 0.29) is 31.0 Å². The van der Waals surface area contributed by atoms with E-state index in [2.05, 4.69) is 0 Å². The van der Waals surface area contributed by atoms with E-state index in [0.29, 0.717) is 10.4 Å². The molecule has 2 aromatic heterocycles. The Morgan fingerprint density at radius 3 is 2.35 bits per heavy atom. The van der Waals surface area contributed by atoms with Crippen molar-refractivity contribution >= 4 is 39.8 Å². The van der Waals surface area contributed by atoms with Crippen LogP contribution in [0.3, 0.4) is 0 Å². The highest BCUT2D eigenvalue weighted by molar-refractivity contribution is 7.12. The van der Waals surface area contributed by atoms with E-state index in [4.69, 9.17) is 4.74 Å². The average molecular weight is 432 g/mol. The summed E-state index contributed by atoms with van der Waals surface area (Å²) in [7, 11) is 1.92. The number of aromatic nitrogens is 1. The molecule has 0 fully saturated rings. The SMILES string of the molecule is Cn1c(-c2ccccc2)c(C(=O)COC(=O)CCC(=O)c2cccs2)c2ccccc21. The maximum atomic E-state index is 13.1. The zero-order chi connectivity index (χ0) is 21.8. The summed E-state index contributed by atoms with van der Waals surface area (Å²) in [6, 6.07) is 20.9. The number of fused-ring (bicyclic) bond motifs is 1. The van der Waals surface area contributed by atoms with Crippen molar-refractivity contribution in [3.05, 3.63) is 82.6 Å². The van der Waals surface area contributed by atoms with Crippen LogP contribution in [0.1, 0.15) is 32.9 Å². The Labute approximate surface area is 183 Å². The molecule has 0 atom stereocenters. The minimum Gasteiger partial charge on any atom is -0.457 e. The number of Topliss-reactive ketones (excluding diaryl/α,β-unsaturated/α-hetero) is 2. The van der Waals surface area contributed by atoms with E-state index < -0.39 is 5.97 Å². The number of nitrogens with zero attached hydrogens (tertiary/aromatic N) is 1. The lowest BCUT2D eigenvalue weighted by Gasteiger charge is -2.09. The molecule has 4 aromatic rings. The summed E-state index contributed by atoms with van der Waals surface area (Å²) in [6.45, 7) is -0.361. The molecule has 0 saturated heterocycles. The molecule has 31 heavy (non-hydrogen) atoms. The molecule has 2 aromatic carbocycles. The zero-order valence-electron chi connectivity index (χ0n) is 17.0. The van der Waals surface area contributed by atoms with Gasteiger partial charge < -0.3 is 9.30 Å². The normalized spacial score (nSPS) is 10.9. The van der Waals surface area contributed by atoms with Crippen LogP contribution in [0.5, 0.6) is 0 Å². The van der Waals surface area contributed by atoms with Crippen molar-refractivity contribution in [1.29, 1.82) is 0 Å². The van der Waals surface area contributed by atoms with Gasteiger partial charge in [0.15, 0.2) is 12.4 Å². The van der Waals surface area contributed by atoms with Gasteiger partial charge in [0.1, 0.15) is 0 Å². The Morgan fingerprint density at radius 2 is 1.61 bits per heavy atom. The number of ether oxygens (including phenoxy) is 1. The lowest BCUT2D eigenvalue weighted by atomic mass is 10.0. The van der Waals surface area contributed by atoms with E-state index >= 15 is 0 Å². The summed E-state index contributed by atoms with van der Waals surface area (Å²) in [4.78, 5) is 38.0. The molecule has 0 spiro atoms. The van der Waals surface area contributed by atoms with Crippen LogP contribution in [-0.4, -0.2) is 28.7 Å². The smallest absolute Gasteiger partial charge is 0.306 e. The van der Waals surface area contributed by atoms with Gasteiger partial charge in [0.05, 0.1) is 22.6 Å². The van der Waals surface area contributed by atoms with Crippen LogP contribution in [0.2, 0.25) is 0 Å². The minimum absolute atomic E-state index is 0.0505. The molecule has 0 aliphatic rings. The van der Waals surface area contributed by atoms with Gasteiger partial charge in [0.2, 0.25) is 5.78 Å². The standard InChI is InChI=1S/C25H21NO4S/c1-26-19-11-6-5-10-18(19)24(25(26)17-8-3-2-4-9-17)21(28)16-30-23(29)14-13-20(27)22-12-7-15-31-22/h2-12,15H,13-14,16H2,1H3. The first-order chi connectivity index (χ1) is 15.1. The van der Waals surface area contributed by atoms with Gasteiger partial charge in [-0.3, -0.25) is 14.4 Å². The third-order valence-corrected chi connectivity index (χ3v) is 6.06. The van der Waals surface area contributed by atoms with Gasteiger partial charge in [-0.2, -0.15) is 0 Å². The van der Waals surface area contributed by atoms with Gasteiger partial charge in [0.25, 0.3) is 0 Å². The Hall–Kier alpha value is -3.51. The Kier molecular flexibility index (Phi) is 6.09. The highest BCUT2D eigenvalue weighted by Crippen LogP contribution is 2.33. The quantitative estimate of drug-likeness (QED) is 0.281. The Morgan fingerprint density at radius 1 is 0.871 bits per heavy atom. The fourth-order valence-corrected chi connectivity index (χ4v) is 4.37. The number of para-hydroxylation sites is 1. The number of hydrogen-bond donors (Lipinski definition) is 0. The van der Waals surface area contributed by atoms with Gasteiger partial charge in [-0.1, -0.05) is 54.6 Å². The van der Waals surface area contributed by atoms with Crippen LogP contribution < -0.4 is 0 Å². The summed E-state index contributed by atoms with van der Waals surface area (Å²) in [5.74, 6) is -0.924. The van der Waals surface area contributed by atoms with Gasteiger partial charge in [0, 0.05) is 24.4 Å². The molecule has 0 aliphatic carbocycles. The summed E-state index contributed by atoms with van der Waals surface area (Å²) >= 11 is 1.34. The third kappa shape index (κ3) is 4.34. The number of ketones is 2. The summed E-state index contributed by atoms with van der Waals surface area (Å²) in [6.07, 6.45) is 0.0160. The van der Waals surface area contributed by atoms with Crippen molar-refractivity contribution in [2.45, 2.75) is 12.8 Å². The van der Waals surface area contributed by atoms with Gasteiger partial charge in [-0.15, -0.1) is 11.3 Å². The number of rotatable bonds is 8. The Balaban J connectivity index is 1.51. The monoisotopic (exact) mass is 431 g/mol. The van der Waals surface area contributed by atoms with Crippen LogP contribution in [0.25, 0.3) is 22.2 Å². The lowest BCUT2D eigenvalue weighted by molar-refractivity contribution is -0.142. The second kappa shape index (κ2) is 9.10. The molecule has 5 nitrogen and oxygen atoms in total. The van der Waals surface area contributed by atoms with Crippen LogP contribution in [0.15, 0.2) is 72.1 Å². The highest BCUT2D eigenvalue weighted by atomic mass is 32.1. The van der Waals surface area contributed by atoms with E-state index in [1.165, 1.54) is 11.3 Å². The first-order valence-corrected chi connectivity index (χ1v) is 10.8. The molecule has 2 heterocycles. The van der Waals surface area contributed by atoms with Gasteiger partial charge in [-0.25, -0.2) is 0 Å². The van der Waals surface area contributed by atoms with Crippen LogP contribution in [-0.2, 0) is 16.6 Å². The number of esters is 1. The van der Waals surface area contributed by atoms with E-state index in [9.17, 15) is 14.4 Å². The van der Waals surface area contributed by atoms with Gasteiger partial charge in [-0.05, 0) is 23.1 Å². The molecule has 0 N–H and O–H groups in total. The topological polar surface area (TPSA) is 65.4 Å². The molecular formula is C25H21NO4S. The number of hydrogen-bond acceptors (Lipinski definition) is 5. The molecule has 0 unspecified atom stereocenters. The van der Waals surface area contributed by atoms with Crippen molar-refractivity contribution in [2.75, 3.05) is 6.61 Å². The molecule has 0 radical (unpaired) electrons. The second-order valence-corrected chi connectivity index (χ2v) is 8.10. The molecule has 0 saturated carbocycles. The molecular weight excluding hydrogens is 410 g/mol. The van der Waals surface area contributed by atoms with Crippen LogP contribution in [0, 0.1) is 0 Å². The highest BCUT2D eigenvalue weighted by Gasteiger charge is 2.23. The zero-order valence-corrected chi connectivity index (χ0v) is 17.9. The van der Waals surface area contributed by atoms with Crippen molar-refractivity contribution in [1.82, 2.24) is 4.57 Å². The molecule has 156 valence electrons. The van der Waals surface area contributed by atoms with E-state index in [1.54, 1.807) is 12.1 Å². The molecule has 6 heteroatoms. The second-order valence-electron chi connectivity index (χ2n) is 7.15. The van der Waals surface area contributed by atoms with Crippen molar-refractivity contribution in [3.63, 3.8) is 0 Å². The largest absolute Gasteiger partial charge is 0.457 e. The van der Waals surface area contributed by atoms with Crippen molar-refractivity contribution in [3.8, 4) is 11.3 Å². The number of aryl methyl sites for hydroxylation is 1. The van der Waals surface area contributed by atoms with Crippen molar-refractivity contribution in [2.24, 2.45) is 7.05 Å².